The average molecular weight is 360 g/mol. The average Bonchev–Trinajstić information content (AvgIpc) is 2.98. The maximum atomic E-state index is 10.8. The molecule has 0 aliphatic rings. The molecular weight excluding hydrogens is 338 g/mol. The van der Waals surface area contributed by atoms with Crippen LogP contribution in [0, 0.1) is 0 Å². The van der Waals surface area contributed by atoms with E-state index >= 15 is 0 Å². The van der Waals surface area contributed by atoms with Gasteiger partial charge in [0.15, 0.2) is 5.65 Å². The Morgan fingerprint density at radius 2 is 1.88 bits per heavy atom. The van der Waals surface area contributed by atoms with Gasteiger partial charge in [0.25, 0.3) is 0 Å². The summed E-state index contributed by atoms with van der Waals surface area (Å²) < 4.78 is 1.86. The molecule has 0 bridgehead atoms. The lowest BCUT2D eigenvalue weighted by Gasteiger charge is -2.25. The van der Waals surface area contributed by atoms with Crippen molar-refractivity contribution in [2.24, 2.45) is 0 Å². The fourth-order valence-electron chi connectivity index (χ4n) is 2.72. The topological polar surface area (TPSA) is 75.9 Å². The van der Waals surface area contributed by atoms with Gasteiger partial charge in [-0.2, -0.15) is 5.10 Å². The van der Waals surface area contributed by atoms with Crippen LogP contribution in [0.4, 0.5) is 5.82 Å². The van der Waals surface area contributed by atoms with Crippen molar-refractivity contribution in [1.29, 1.82) is 0 Å². The molecular formula is C18H22ClN5O. The minimum absolute atomic E-state index is 0.184. The van der Waals surface area contributed by atoms with Crippen molar-refractivity contribution in [3.63, 3.8) is 0 Å². The Kier molecular flexibility index (Phi) is 4.43. The minimum Gasteiger partial charge on any atom is -0.384 e. The maximum Gasteiger partial charge on any atom is 0.163 e. The summed E-state index contributed by atoms with van der Waals surface area (Å²) in [7, 11) is 0. The summed E-state index contributed by atoms with van der Waals surface area (Å²) in [5.41, 5.74) is 0.0914. The number of fused-ring (bicyclic) bond motifs is 1. The highest BCUT2D eigenvalue weighted by molar-refractivity contribution is 6.31. The monoisotopic (exact) mass is 359 g/mol. The van der Waals surface area contributed by atoms with E-state index in [0.29, 0.717) is 16.4 Å². The summed E-state index contributed by atoms with van der Waals surface area (Å²) >= 11 is 6.21. The van der Waals surface area contributed by atoms with Crippen LogP contribution in [0.1, 0.15) is 33.3 Å². The second-order valence-electron chi connectivity index (χ2n) is 7.29. The normalized spacial score (nSPS) is 14.5. The molecule has 2 heterocycles. The Labute approximate surface area is 151 Å². The Hall–Kier alpha value is -2.18. The van der Waals surface area contributed by atoms with Crippen molar-refractivity contribution in [3.05, 3.63) is 47.4 Å². The number of halogens is 1. The molecule has 0 saturated heterocycles. The zero-order chi connectivity index (χ0) is 18.2. The van der Waals surface area contributed by atoms with Gasteiger partial charge in [-0.15, -0.1) is 0 Å². The molecule has 0 fully saturated rings. The Morgan fingerprint density at radius 3 is 2.56 bits per heavy atom. The number of nitrogens with one attached hydrogen (secondary N) is 1. The summed E-state index contributed by atoms with van der Waals surface area (Å²) in [6.45, 7) is 8.17. The third-order valence-electron chi connectivity index (χ3n) is 4.06. The fourth-order valence-corrected chi connectivity index (χ4v) is 3.06. The van der Waals surface area contributed by atoms with Crippen molar-refractivity contribution in [2.45, 2.75) is 38.8 Å². The van der Waals surface area contributed by atoms with E-state index in [1.54, 1.807) is 19.2 Å². The maximum absolute atomic E-state index is 10.8. The number of hydrogen-bond acceptors (Lipinski definition) is 5. The van der Waals surface area contributed by atoms with Crippen LogP contribution in [0.3, 0.4) is 0 Å². The lowest BCUT2D eigenvalue weighted by molar-refractivity contribution is 0.0716. The predicted octanol–water partition coefficient (Wildman–Crippen LogP) is 3.55. The smallest absolute Gasteiger partial charge is 0.163 e. The summed E-state index contributed by atoms with van der Waals surface area (Å²) in [5.74, 6) is 0.632. The van der Waals surface area contributed by atoms with Gasteiger partial charge < -0.3 is 10.4 Å². The van der Waals surface area contributed by atoms with Crippen molar-refractivity contribution in [1.82, 2.24) is 19.7 Å². The summed E-state index contributed by atoms with van der Waals surface area (Å²) in [4.78, 5) is 8.65. The molecule has 2 N–H and O–H groups in total. The van der Waals surface area contributed by atoms with Gasteiger partial charge in [0.05, 0.1) is 17.1 Å². The van der Waals surface area contributed by atoms with Gasteiger partial charge in [-0.05, 0) is 33.8 Å². The Morgan fingerprint density at radius 1 is 1.16 bits per heavy atom. The second-order valence-corrected chi connectivity index (χ2v) is 7.70. The molecule has 6 nitrogen and oxygen atoms in total. The molecule has 0 aliphatic carbocycles. The van der Waals surface area contributed by atoms with Crippen molar-refractivity contribution in [3.8, 4) is 0 Å². The molecule has 2 aromatic heterocycles. The number of rotatable bonds is 4. The van der Waals surface area contributed by atoms with Gasteiger partial charge in [0.2, 0.25) is 0 Å². The van der Waals surface area contributed by atoms with Crippen LogP contribution in [-0.2, 0) is 11.1 Å². The number of nitrogens with zero attached hydrogens (tertiary/aromatic N) is 4. The molecule has 25 heavy (non-hydrogen) atoms. The molecule has 3 rings (SSSR count). The summed E-state index contributed by atoms with van der Waals surface area (Å²) in [6.07, 6.45) is 3.24. The number of hydrogen-bond donors (Lipinski definition) is 2. The van der Waals surface area contributed by atoms with E-state index in [1.807, 2.05) is 22.9 Å². The molecule has 7 heteroatoms. The molecule has 1 unspecified atom stereocenters. The van der Waals surface area contributed by atoms with E-state index < -0.39 is 5.60 Å². The third kappa shape index (κ3) is 3.45. The van der Waals surface area contributed by atoms with E-state index in [9.17, 15) is 5.11 Å². The lowest BCUT2D eigenvalue weighted by Crippen LogP contribution is -2.31. The Bertz CT molecular complexity index is 898. The Balaban J connectivity index is 1.89. The minimum atomic E-state index is -1.14. The first-order valence-corrected chi connectivity index (χ1v) is 8.48. The molecule has 1 aromatic carbocycles. The van der Waals surface area contributed by atoms with Crippen LogP contribution in [0.15, 0.2) is 36.8 Å². The van der Waals surface area contributed by atoms with Gasteiger partial charge in [-0.1, -0.05) is 29.8 Å². The van der Waals surface area contributed by atoms with Gasteiger partial charge in [-0.25, -0.2) is 14.6 Å². The van der Waals surface area contributed by atoms with Crippen molar-refractivity contribution < 1.29 is 5.11 Å². The van der Waals surface area contributed by atoms with Crippen LogP contribution in [-0.4, -0.2) is 31.4 Å². The van der Waals surface area contributed by atoms with Crippen LogP contribution in [0.25, 0.3) is 11.0 Å². The number of benzene rings is 1. The lowest BCUT2D eigenvalue weighted by atomic mass is 9.96. The molecule has 0 radical (unpaired) electrons. The zero-order valence-corrected chi connectivity index (χ0v) is 15.5. The number of aliphatic hydroxyl groups is 1. The SMILES string of the molecule is CC(O)(CNc1ncnc2c1cnn2C(C)(C)C)c1ccccc1Cl. The highest BCUT2D eigenvalue weighted by Crippen LogP contribution is 2.29. The first-order valence-electron chi connectivity index (χ1n) is 8.10. The van der Waals surface area contributed by atoms with Crippen molar-refractivity contribution >= 4 is 28.5 Å². The van der Waals surface area contributed by atoms with E-state index in [0.717, 1.165) is 11.0 Å². The van der Waals surface area contributed by atoms with Gasteiger partial charge in [0.1, 0.15) is 17.7 Å². The van der Waals surface area contributed by atoms with Crippen LogP contribution in [0.2, 0.25) is 5.02 Å². The van der Waals surface area contributed by atoms with E-state index in [4.69, 9.17) is 11.6 Å². The fraction of sp³-hybridized carbons (Fsp3) is 0.389. The van der Waals surface area contributed by atoms with Crippen LogP contribution < -0.4 is 5.32 Å². The summed E-state index contributed by atoms with van der Waals surface area (Å²) in [6, 6.07) is 7.27. The highest BCUT2D eigenvalue weighted by atomic mass is 35.5. The molecule has 1 atom stereocenters. The largest absolute Gasteiger partial charge is 0.384 e. The zero-order valence-electron chi connectivity index (χ0n) is 14.8. The first kappa shape index (κ1) is 17.6. The third-order valence-corrected chi connectivity index (χ3v) is 4.38. The molecule has 3 aromatic rings. The molecule has 0 amide bonds. The van der Waals surface area contributed by atoms with Crippen LogP contribution >= 0.6 is 11.6 Å². The molecule has 132 valence electrons. The summed E-state index contributed by atoms with van der Waals surface area (Å²) in [5, 5.41) is 19.8. The van der Waals surface area contributed by atoms with E-state index in [1.165, 1.54) is 6.33 Å². The van der Waals surface area contributed by atoms with Gasteiger partial charge >= 0.3 is 0 Å². The van der Waals surface area contributed by atoms with E-state index in [2.05, 4.69) is 41.2 Å². The van der Waals surface area contributed by atoms with Crippen LogP contribution in [0.5, 0.6) is 0 Å². The molecule has 0 saturated carbocycles. The van der Waals surface area contributed by atoms with Crippen molar-refractivity contribution in [2.75, 3.05) is 11.9 Å². The standard InChI is InChI=1S/C18H22ClN5O/c1-17(2,3)24-16-12(9-23-24)15(21-11-22-16)20-10-18(4,25)13-7-5-6-8-14(13)19/h5-9,11,25H,10H2,1-4H3,(H,20,21,22). The highest BCUT2D eigenvalue weighted by Gasteiger charge is 2.26. The predicted molar refractivity (Wildman–Crippen MR) is 99.8 cm³/mol. The number of aromatic nitrogens is 4. The van der Waals surface area contributed by atoms with Gasteiger partial charge in [-0.3, -0.25) is 0 Å². The molecule has 0 aliphatic heterocycles. The first-order chi connectivity index (χ1) is 11.7. The van der Waals surface area contributed by atoms with E-state index in [-0.39, 0.29) is 12.1 Å². The quantitative estimate of drug-likeness (QED) is 0.745. The van der Waals surface area contributed by atoms with Gasteiger partial charge in [0, 0.05) is 17.1 Å². The number of anilines is 1. The second kappa shape index (κ2) is 6.28. The molecule has 0 spiro atoms.